The molecule has 1 rings (SSSR count). The Balaban J connectivity index is 0.00000289. The Kier molecular flexibility index (Phi) is 5.89. The number of benzene rings is 1. The molecular formula is C10H18N4O3S. The lowest BCUT2D eigenvalue weighted by atomic mass is 10.2. The van der Waals surface area contributed by atoms with E-state index < -0.39 is 4.92 Å². The molecule has 1 aromatic carbocycles. The van der Waals surface area contributed by atoms with E-state index in [0.717, 1.165) is 4.90 Å². The number of nitrogens with zero attached hydrogens (tertiary/aromatic N) is 2. The van der Waals surface area contributed by atoms with E-state index in [4.69, 9.17) is 11.5 Å². The second-order valence-electron chi connectivity index (χ2n) is 3.89. The van der Waals surface area contributed by atoms with Gasteiger partial charge in [0.2, 0.25) is 0 Å². The summed E-state index contributed by atoms with van der Waals surface area (Å²) in [5.74, 6) is 0. The molecule has 0 bridgehead atoms. The lowest BCUT2D eigenvalue weighted by Gasteiger charge is -2.19. The fourth-order valence-electron chi connectivity index (χ4n) is 1.15. The third-order valence-corrected chi connectivity index (χ3v) is 3.75. The van der Waals surface area contributed by atoms with E-state index >= 15 is 0 Å². The average molecular weight is 274 g/mol. The van der Waals surface area contributed by atoms with Crippen LogP contribution in [-0.2, 0) is 0 Å². The maximum absolute atomic E-state index is 10.7. The van der Waals surface area contributed by atoms with Crippen LogP contribution in [0.25, 0.3) is 0 Å². The molecule has 6 N–H and O–H groups in total. The van der Waals surface area contributed by atoms with Crippen molar-refractivity contribution >= 4 is 28.8 Å². The predicted molar refractivity (Wildman–Crippen MR) is 74.5 cm³/mol. The van der Waals surface area contributed by atoms with Crippen molar-refractivity contribution in [2.24, 2.45) is 0 Å². The fourth-order valence-corrected chi connectivity index (χ4v) is 2.12. The average Bonchev–Trinajstić information content (AvgIpc) is 2.22. The zero-order valence-electron chi connectivity index (χ0n) is 10.5. The van der Waals surface area contributed by atoms with E-state index in [-0.39, 0.29) is 22.2 Å². The molecule has 0 spiro atoms. The van der Waals surface area contributed by atoms with Crippen LogP contribution >= 0.6 is 11.8 Å². The molecule has 1 aromatic rings. The molecule has 7 nitrogen and oxygen atoms in total. The molecule has 0 amide bonds. The molecule has 0 aliphatic rings. The Morgan fingerprint density at radius 3 is 2.33 bits per heavy atom. The normalized spacial score (nSPS) is 12.0. The van der Waals surface area contributed by atoms with Gasteiger partial charge in [0.1, 0.15) is 5.69 Å². The first-order valence-electron chi connectivity index (χ1n) is 4.99. The minimum absolute atomic E-state index is 0. The molecule has 0 saturated heterocycles. The Bertz CT molecular complexity index is 439. The van der Waals surface area contributed by atoms with Crippen LogP contribution in [0.4, 0.5) is 17.1 Å². The molecule has 8 heteroatoms. The van der Waals surface area contributed by atoms with Gasteiger partial charge in [-0.15, -0.1) is 11.8 Å². The zero-order chi connectivity index (χ0) is 13.2. The first kappa shape index (κ1) is 16.5. The number of nitrogen functional groups attached to an aromatic ring is 2. The summed E-state index contributed by atoms with van der Waals surface area (Å²) in [6.45, 7) is 2.02. The van der Waals surface area contributed by atoms with Crippen molar-refractivity contribution < 1.29 is 10.4 Å². The predicted octanol–water partition coefficient (Wildman–Crippen LogP) is 0.934. The van der Waals surface area contributed by atoms with E-state index in [1.54, 1.807) is 6.07 Å². The lowest BCUT2D eigenvalue weighted by Crippen LogP contribution is -2.21. The monoisotopic (exact) mass is 274 g/mol. The second-order valence-corrected chi connectivity index (χ2v) is 5.24. The van der Waals surface area contributed by atoms with Crippen LogP contribution in [0.15, 0.2) is 17.0 Å². The summed E-state index contributed by atoms with van der Waals surface area (Å²) < 4.78 is 0. The van der Waals surface area contributed by atoms with E-state index in [2.05, 4.69) is 0 Å². The molecule has 0 aliphatic carbocycles. The van der Waals surface area contributed by atoms with Crippen LogP contribution < -0.4 is 11.5 Å². The van der Waals surface area contributed by atoms with Crippen LogP contribution in [0.3, 0.4) is 0 Å². The van der Waals surface area contributed by atoms with Gasteiger partial charge in [0.15, 0.2) is 0 Å². The number of hydrogen-bond donors (Lipinski definition) is 2. The highest BCUT2D eigenvalue weighted by molar-refractivity contribution is 8.00. The first-order chi connectivity index (χ1) is 7.82. The fraction of sp³-hybridized carbons (Fsp3) is 0.400. The largest absolute Gasteiger partial charge is 0.412 e. The topological polar surface area (TPSA) is 130 Å². The molecule has 1 atom stereocenters. The minimum atomic E-state index is -0.532. The quantitative estimate of drug-likeness (QED) is 0.276. The van der Waals surface area contributed by atoms with Gasteiger partial charge in [-0.25, -0.2) is 0 Å². The third kappa shape index (κ3) is 3.76. The summed E-state index contributed by atoms with van der Waals surface area (Å²) in [6.07, 6.45) is 0. The molecule has 0 fully saturated rings. The van der Waals surface area contributed by atoms with Gasteiger partial charge in [0.25, 0.3) is 5.69 Å². The summed E-state index contributed by atoms with van der Waals surface area (Å²) >= 11 is 1.51. The van der Waals surface area contributed by atoms with E-state index in [0.29, 0.717) is 5.69 Å². The van der Waals surface area contributed by atoms with Crippen molar-refractivity contribution in [3.8, 4) is 0 Å². The van der Waals surface area contributed by atoms with Gasteiger partial charge >= 0.3 is 0 Å². The Labute approximate surface area is 110 Å². The number of thioether (sulfide) groups is 1. The highest BCUT2D eigenvalue weighted by Gasteiger charge is 2.17. The zero-order valence-corrected chi connectivity index (χ0v) is 11.3. The van der Waals surface area contributed by atoms with Gasteiger partial charge in [0, 0.05) is 11.0 Å². The third-order valence-electron chi connectivity index (χ3n) is 2.38. The van der Waals surface area contributed by atoms with Crippen molar-refractivity contribution in [3.63, 3.8) is 0 Å². The molecule has 1 unspecified atom stereocenters. The summed E-state index contributed by atoms with van der Waals surface area (Å²) in [5.41, 5.74) is 11.8. The lowest BCUT2D eigenvalue weighted by molar-refractivity contribution is -0.383. The maximum atomic E-state index is 10.7. The van der Waals surface area contributed by atoms with E-state index in [1.165, 1.54) is 17.8 Å². The van der Waals surface area contributed by atoms with Gasteiger partial charge in [-0.1, -0.05) is 0 Å². The van der Waals surface area contributed by atoms with Gasteiger partial charge in [0.05, 0.1) is 16.0 Å². The van der Waals surface area contributed by atoms with Crippen molar-refractivity contribution in [1.82, 2.24) is 4.90 Å². The molecule has 0 radical (unpaired) electrons. The van der Waals surface area contributed by atoms with Crippen LogP contribution in [-0.4, -0.2) is 34.8 Å². The Morgan fingerprint density at radius 2 is 1.89 bits per heavy atom. The highest BCUT2D eigenvalue weighted by atomic mass is 32.2. The number of hydrogen-bond acceptors (Lipinski definition) is 6. The van der Waals surface area contributed by atoms with Crippen LogP contribution in [0.2, 0.25) is 0 Å². The molecule has 18 heavy (non-hydrogen) atoms. The van der Waals surface area contributed by atoms with Gasteiger partial charge in [-0.05, 0) is 27.1 Å². The molecule has 0 heterocycles. The second kappa shape index (κ2) is 6.43. The van der Waals surface area contributed by atoms with Crippen molar-refractivity contribution in [3.05, 3.63) is 22.2 Å². The Hall–Kier alpha value is -1.51. The minimum Gasteiger partial charge on any atom is -0.412 e. The van der Waals surface area contributed by atoms with Crippen molar-refractivity contribution in [2.75, 3.05) is 25.6 Å². The van der Waals surface area contributed by atoms with Crippen molar-refractivity contribution in [2.45, 2.75) is 17.2 Å². The van der Waals surface area contributed by atoms with E-state index in [1.807, 2.05) is 25.9 Å². The summed E-state index contributed by atoms with van der Waals surface area (Å²) in [4.78, 5) is 12.9. The number of nitro groups is 1. The SMILES string of the molecule is CC(Sc1cc(N)c([N+](=O)[O-])cc1N)N(C)C.O. The number of nitrogens with two attached hydrogens (primary N) is 2. The smallest absolute Gasteiger partial charge is 0.294 e. The first-order valence-corrected chi connectivity index (χ1v) is 5.87. The number of anilines is 2. The van der Waals surface area contributed by atoms with Gasteiger partial charge < -0.3 is 16.9 Å². The summed E-state index contributed by atoms with van der Waals surface area (Å²) in [6, 6.07) is 2.86. The standard InChI is InChI=1S/C10H16N4O2S.H2O/c1-6(13(2)3)17-10-5-7(11)9(14(15)16)4-8(10)12;/h4-6H,11-12H2,1-3H3;1H2. The highest BCUT2D eigenvalue weighted by Crippen LogP contribution is 2.35. The Morgan fingerprint density at radius 1 is 1.33 bits per heavy atom. The van der Waals surface area contributed by atoms with E-state index in [9.17, 15) is 10.1 Å². The van der Waals surface area contributed by atoms with Crippen molar-refractivity contribution in [1.29, 1.82) is 0 Å². The number of rotatable bonds is 4. The van der Waals surface area contributed by atoms with Gasteiger partial charge in [-0.3, -0.25) is 15.0 Å². The van der Waals surface area contributed by atoms with Crippen LogP contribution in [0.5, 0.6) is 0 Å². The van der Waals surface area contributed by atoms with Crippen LogP contribution in [0.1, 0.15) is 6.92 Å². The number of nitro benzene ring substituents is 1. The molecule has 102 valence electrons. The summed E-state index contributed by atoms with van der Waals surface area (Å²) in [5, 5.41) is 10.9. The summed E-state index contributed by atoms with van der Waals surface area (Å²) in [7, 11) is 3.89. The molecule has 0 aromatic heterocycles. The molecular weight excluding hydrogens is 256 g/mol. The molecule has 0 saturated carbocycles. The maximum Gasteiger partial charge on any atom is 0.294 e. The van der Waals surface area contributed by atoms with Gasteiger partial charge in [-0.2, -0.15) is 0 Å². The van der Waals surface area contributed by atoms with Crippen LogP contribution in [0, 0.1) is 10.1 Å². The molecule has 0 aliphatic heterocycles.